The standard InChI is InChI=1S/C21H27NO5S/c1-13(2)28(26,27)12-14-4-7-16(8-5-14)19(23)11-15-6-9-17-18(10-15)21(25)22(3)20(17)24/h6,9-10,13-14,16H,4-5,7-8,11-12H2,1-3H3. The summed E-state index contributed by atoms with van der Waals surface area (Å²) in [6, 6.07) is 5.01. The third-order valence-electron chi connectivity index (χ3n) is 6.02. The molecule has 152 valence electrons. The Morgan fingerprint density at radius 1 is 1.07 bits per heavy atom. The van der Waals surface area contributed by atoms with Gasteiger partial charge in [0.1, 0.15) is 5.78 Å². The molecule has 3 rings (SSSR count). The lowest BCUT2D eigenvalue weighted by atomic mass is 9.79. The van der Waals surface area contributed by atoms with Gasteiger partial charge in [0.15, 0.2) is 9.84 Å². The smallest absolute Gasteiger partial charge is 0.261 e. The zero-order valence-electron chi connectivity index (χ0n) is 16.6. The van der Waals surface area contributed by atoms with E-state index in [4.69, 9.17) is 0 Å². The Kier molecular flexibility index (Phi) is 5.75. The molecule has 1 saturated carbocycles. The molecule has 1 aromatic rings. The highest BCUT2D eigenvalue weighted by Crippen LogP contribution is 2.32. The second-order valence-corrected chi connectivity index (χ2v) is 10.9. The van der Waals surface area contributed by atoms with Crippen LogP contribution in [0.4, 0.5) is 0 Å². The van der Waals surface area contributed by atoms with Crippen molar-refractivity contribution >= 4 is 27.4 Å². The van der Waals surface area contributed by atoms with Gasteiger partial charge in [-0.15, -0.1) is 0 Å². The number of rotatable bonds is 6. The zero-order chi connectivity index (χ0) is 20.6. The zero-order valence-corrected chi connectivity index (χ0v) is 17.4. The van der Waals surface area contributed by atoms with E-state index in [2.05, 4.69) is 0 Å². The summed E-state index contributed by atoms with van der Waals surface area (Å²) < 4.78 is 24.2. The highest BCUT2D eigenvalue weighted by Gasteiger charge is 2.33. The molecule has 0 spiro atoms. The highest BCUT2D eigenvalue weighted by molar-refractivity contribution is 7.91. The van der Waals surface area contributed by atoms with E-state index >= 15 is 0 Å². The number of Topliss-reactive ketones (excluding diaryl/α,β-unsaturated/α-hetero) is 1. The van der Waals surface area contributed by atoms with Gasteiger partial charge in [0.2, 0.25) is 0 Å². The molecule has 0 aromatic heterocycles. The van der Waals surface area contributed by atoms with E-state index in [0.29, 0.717) is 24.0 Å². The van der Waals surface area contributed by atoms with Crippen LogP contribution in [0, 0.1) is 11.8 Å². The largest absolute Gasteiger partial charge is 0.299 e. The van der Waals surface area contributed by atoms with Crippen molar-refractivity contribution in [1.29, 1.82) is 0 Å². The maximum atomic E-state index is 12.7. The van der Waals surface area contributed by atoms with Crippen LogP contribution < -0.4 is 0 Å². The highest BCUT2D eigenvalue weighted by atomic mass is 32.2. The van der Waals surface area contributed by atoms with Crippen LogP contribution in [-0.4, -0.2) is 49.0 Å². The SMILES string of the molecule is CC(C)S(=O)(=O)CC1CCC(C(=O)Cc2ccc3c(c2)C(=O)N(C)C3=O)CC1. The van der Waals surface area contributed by atoms with Gasteiger partial charge in [0, 0.05) is 19.4 Å². The molecular weight excluding hydrogens is 378 g/mol. The molecule has 2 amide bonds. The summed E-state index contributed by atoms with van der Waals surface area (Å²) in [5.74, 6) is -0.245. The number of hydrogen-bond donors (Lipinski definition) is 0. The number of ketones is 1. The number of benzene rings is 1. The number of sulfone groups is 1. The van der Waals surface area contributed by atoms with Crippen molar-refractivity contribution in [3.8, 4) is 0 Å². The summed E-state index contributed by atoms with van der Waals surface area (Å²) in [6.45, 7) is 3.41. The predicted molar refractivity (Wildman–Crippen MR) is 106 cm³/mol. The lowest BCUT2D eigenvalue weighted by molar-refractivity contribution is -0.123. The molecule has 1 aromatic carbocycles. The molecule has 0 N–H and O–H groups in total. The molecule has 1 fully saturated rings. The maximum Gasteiger partial charge on any atom is 0.261 e. The van der Waals surface area contributed by atoms with Gasteiger partial charge in [-0.25, -0.2) is 8.42 Å². The van der Waals surface area contributed by atoms with E-state index in [1.165, 1.54) is 7.05 Å². The van der Waals surface area contributed by atoms with Crippen molar-refractivity contribution < 1.29 is 22.8 Å². The lowest BCUT2D eigenvalue weighted by Gasteiger charge is -2.28. The van der Waals surface area contributed by atoms with Crippen molar-refractivity contribution in [2.24, 2.45) is 11.8 Å². The van der Waals surface area contributed by atoms with Crippen LogP contribution in [0.25, 0.3) is 0 Å². The van der Waals surface area contributed by atoms with Crippen molar-refractivity contribution in [3.05, 3.63) is 34.9 Å². The number of fused-ring (bicyclic) bond motifs is 1. The predicted octanol–water partition coefficient (Wildman–Crippen LogP) is 2.65. The quantitative estimate of drug-likeness (QED) is 0.679. The van der Waals surface area contributed by atoms with Crippen molar-refractivity contribution in [2.75, 3.05) is 12.8 Å². The first-order valence-electron chi connectivity index (χ1n) is 9.79. The van der Waals surface area contributed by atoms with Crippen molar-refractivity contribution in [2.45, 2.75) is 51.2 Å². The Morgan fingerprint density at radius 3 is 2.29 bits per heavy atom. The van der Waals surface area contributed by atoms with Crippen LogP contribution in [0.3, 0.4) is 0 Å². The third-order valence-corrected chi connectivity index (χ3v) is 8.39. The molecule has 1 aliphatic heterocycles. The number of nitrogens with zero attached hydrogens (tertiary/aromatic N) is 1. The molecule has 0 radical (unpaired) electrons. The summed E-state index contributed by atoms with van der Waals surface area (Å²) in [5, 5.41) is -0.361. The van der Waals surface area contributed by atoms with Crippen LogP contribution in [0.5, 0.6) is 0 Å². The minimum Gasteiger partial charge on any atom is -0.299 e. The fourth-order valence-electron chi connectivity index (χ4n) is 4.04. The number of carbonyl (C=O) groups excluding carboxylic acids is 3. The van der Waals surface area contributed by atoms with Crippen LogP contribution in [0.2, 0.25) is 0 Å². The number of imide groups is 1. The molecule has 0 atom stereocenters. The number of amides is 2. The third kappa shape index (κ3) is 4.04. The van der Waals surface area contributed by atoms with Gasteiger partial charge in [-0.1, -0.05) is 6.07 Å². The Balaban J connectivity index is 1.59. The molecule has 0 unspecified atom stereocenters. The average molecular weight is 406 g/mol. The Hall–Kier alpha value is -2.02. The average Bonchev–Trinajstić information content (AvgIpc) is 2.86. The molecule has 6 nitrogen and oxygen atoms in total. The number of hydrogen-bond acceptors (Lipinski definition) is 5. The van der Waals surface area contributed by atoms with Gasteiger partial charge in [0.05, 0.1) is 22.1 Å². The van der Waals surface area contributed by atoms with Crippen LogP contribution in [-0.2, 0) is 21.1 Å². The molecule has 0 saturated heterocycles. The normalized spacial score (nSPS) is 22.6. The van der Waals surface area contributed by atoms with Crippen LogP contribution in [0.15, 0.2) is 18.2 Å². The first kappa shape index (κ1) is 20.7. The molecule has 1 aliphatic carbocycles. The van der Waals surface area contributed by atoms with E-state index in [9.17, 15) is 22.8 Å². The topological polar surface area (TPSA) is 88.6 Å². The Morgan fingerprint density at radius 2 is 1.68 bits per heavy atom. The minimum absolute atomic E-state index is 0.0636. The van der Waals surface area contributed by atoms with E-state index in [0.717, 1.165) is 23.3 Å². The van der Waals surface area contributed by atoms with Gasteiger partial charge < -0.3 is 0 Å². The fourth-order valence-corrected chi connectivity index (χ4v) is 5.41. The van der Waals surface area contributed by atoms with Gasteiger partial charge in [-0.2, -0.15) is 0 Å². The van der Waals surface area contributed by atoms with Gasteiger partial charge in [-0.3, -0.25) is 19.3 Å². The summed E-state index contributed by atoms with van der Waals surface area (Å²) in [6.07, 6.45) is 3.16. The van der Waals surface area contributed by atoms with Gasteiger partial charge >= 0.3 is 0 Å². The summed E-state index contributed by atoms with van der Waals surface area (Å²) >= 11 is 0. The van der Waals surface area contributed by atoms with Crippen molar-refractivity contribution in [1.82, 2.24) is 4.90 Å². The lowest BCUT2D eigenvalue weighted by Crippen LogP contribution is -2.29. The molecule has 7 heteroatoms. The first-order valence-corrected chi connectivity index (χ1v) is 11.5. The van der Waals surface area contributed by atoms with E-state index in [1.807, 2.05) is 0 Å². The molecule has 2 aliphatic rings. The van der Waals surface area contributed by atoms with E-state index in [1.54, 1.807) is 32.0 Å². The van der Waals surface area contributed by atoms with Gasteiger partial charge in [-0.05, 0) is 63.1 Å². The second-order valence-electron chi connectivity index (χ2n) is 8.29. The van der Waals surface area contributed by atoms with Crippen molar-refractivity contribution in [3.63, 3.8) is 0 Å². The summed E-state index contributed by atoms with van der Waals surface area (Å²) in [7, 11) is -1.60. The molecule has 0 bridgehead atoms. The minimum atomic E-state index is -3.05. The Labute approximate surface area is 166 Å². The molecular formula is C21H27NO5S. The second kappa shape index (κ2) is 7.78. The summed E-state index contributed by atoms with van der Waals surface area (Å²) in [4.78, 5) is 37.9. The number of carbonyl (C=O) groups is 3. The van der Waals surface area contributed by atoms with Gasteiger partial charge in [0.25, 0.3) is 11.8 Å². The summed E-state index contributed by atoms with van der Waals surface area (Å²) in [5.41, 5.74) is 1.49. The van der Waals surface area contributed by atoms with E-state index < -0.39 is 9.84 Å². The van der Waals surface area contributed by atoms with Crippen LogP contribution in [0.1, 0.15) is 65.8 Å². The monoisotopic (exact) mass is 405 g/mol. The maximum absolute atomic E-state index is 12.7. The Bertz CT molecular complexity index is 911. The molecule has 28 heavy (non-hydrogen) atoms. The van der Waals surface area contributed by atoms with Crippen LogP contribution >= 0.6 is 0 Å². The molecule has 1 heterocycles. The van der Waals surface area contributed by atoms with E-state index in [-0.39, 0.29) is 46.9 Å². The first-order chi connectivity index (χ1) is 13.1. The fraction of sp³-hybridized carbons (Fsp3) is 0.571.